The molecule has 0 aromatic heterocycles. The molecule has 0 aromatic carbocycles. The average Bonchev–Trinajstić information content (AvgIpc) is 0. The van der Waals surface area contributed by atoms with Crippen molar-refractivity contribution in [1.29, 1.82) is 0 Å². The fourth-order valence-corrected chi connectivity index (χ4v) is 0. The molecule has 0 aliphatic rings. The van der Waals surface area contributed by atoms with E-state index < -0.39 is 0 Å². The molecule has 0 saturated heterocycles. The van der Waals surface area contributed by atoms with Crippen LogP contribution in [0.4, 0.5) is 23.5 Å². The van der Waals surface area contributed by atoms with E-state index in [9.17, 15) is 0 Å². The van der Waals surface area contributed by atoms with Gasteiger partial charge in [0.1, 0.15) is 0 Å². The minimum atomic E-state index is 0. The van der Waals surface area contributed by atoms with E-state index in [1.165, 1.54) is 0 Å². The molecule has 0 spiro atoms. The Morgan fingerprint density at radius 1 is 0.138 bits per heavy atom. The summed E-state index contributed by atoms with van der Waals surface area (Å²) in [7, 11) is 0. The van der Waals surface area contributed by atoms with Crippen molar-refractivity contribution < 1.29 is 1640 Å². The number of hydrogen-bond donors (Lipinski definition) is 5. The normalized spacial score (nSPS) is 0. The Kier molecular flexibility index (Phi) is 8050. The molecule has 537 valence electrons. The first-order valence-electron chi connectivity index (χ1n) is 0. The second-order valence-corrected chi connectivity index (χ2v) is 0. The Morgan fingerprint density at radius 2 is 0.138 bits per heavy atom. The van der Waals surface area contributed by atoms with Crippen molar-refractivity contribution in [1.82, 2.24) is 30.8 Å². The molecule has 0 aromatic rings. The van der Waals surface area contributed by atoms with Crippen LogP contribution in [-0.2, 0) is 752 Å². The predicted octanol–water partition coefficient (Wildman–Crippen LogP) is -35.8. The van der Waals surface area contributed by atoms with Gasteiger partial charge in [0.15, 0.2) is 0 Å². The van der Waals surface area contributed by atoms with Crippen LogP contribution in [0.25, 0.3) is 0 Å². The van der Waals surface area contributed by atoms with Crippen molar-refractivity contribution in [2.24, 2.45) is 0 Å². The zero-order valence-electron chi connectivity index (χ0n) is 68.3. The second kappa shape index (κ2) is 829. The maximum Gasteiger partial charge on any atom is 1.00 e. The third-order valence-corrected chi connectivity index (χ3v) is 0. The summed E-state index contributed by atoms with van der Waals surface area (Å²) in [5, 5.41) is 0. The summed E-state index contributed by atoms with van der Waals surface area (Å²) in [5.74, 6) is 0. The van der Waals surface area contributed by atoms with E-state index in [1.807, 2.05) is 0 Å². The van der Waals surface area contributed by atoms with Gasteiger partial charge in [-0.15, -0.1) is 95.9 Å². The van der Waals surface area contributed by atoms with Crippen molar-refractivity contribution in [2.75, 3.05) is 0 Å². The Morgan fingerprint density at radius 3 is 0.138 bits per heavy atom. The average molecular weight is 6290 g/mol. The van der Waals surface area contributed by atoms with Gasteiger partial charge in [0, 0.05) is 776 Å². The molecule has 0 amide bonds. The SMILES string of the molecule is F.F.F.F.F.I.I.I.I.N.N.N.N.N.P.P.P.P.P.P.P.P.P.P.S.S.S.S.S.S.S.S.S.S.S.S.S.S.[2HH].[2HH].[2HH].[2HH].[2HH].[2HH].[2HH].[2HH].[2HH].[2HH].[2HH].[3HH].[3HH].[3HH].[3HH].[3HH].[3HH].[H-].[H-].[H-].[H-].[H-].[H-].[H-].[H-].[H-].[H-].[H-].[H-].[H-].[H-].[H-].[H-].[K+].[K+].[K+].[K+].[K+].[K+].[K+].[K+].[K+].[K+].[K+].[K+].[K+].[K+].[K+].[K+].[V].[V].[V].[V].[V].[V].[V].[V].[V].[V].[W].[W].[W].[W].[W].[W].[W].[W].[W].[W].[W].[W].[W].[W].[W].[W].[Y].[Y].[Y].[Y].[Y].[Y].[Y]. The third-order valence-electron chi connectivity index (χ3n) is 0. The van der Waals surface area contributed by atoms with Crippen molar-refractivity contribution in [3.05, 3.63) is 0 Å². The summed E-state index contributed by atoms with van der Waals surface area (Å²) in [4.78, 5) is 0. The fraction of sp³-hybridized carbons (Fsp3) is 0. The van der Waals surface area contributed by atoms with Crippen LogP contribution in [-0.4, -0.2) is 0 Å². The van der Waals surface area contributed by atoms with Crippen LogP contribution in [0.15, 0.2) is 0 Å². The molecular formula is H132F5I4K16N5P10S14V10W16Y7. The zero-order valence-corrected chi connectivity index (χ0v) is 221. The molecule has 0 bridgehead atoms. The Labute approximate surface area is 1990 Å². The van der Waals surface area contributed by atoms with Gasteiger partial charge in [-0.05, 0) is 0 Å². The van der Waals surface area contributed by atoms with Crippen molar-refractivity contribution in [2.45, 2.75) is 0 Å². The Hall–Kier alpha value is 62.3. The number of rotatable bonds is 0. The molecule has 0 aliphatic carbocycles. The molecule has 5 nitrogen and oxygen atoms in total. The summed E-state index contributed by atoms with van der Waals surface area (Å²) >= 11 is 0. The van der Waals surface area contributed by atoms with E-state index in [1.54, 1.807) is 0 Å². The molecule has 15 N–H and O–H groups in total. The summed E-state index contributed by atoms with van der Waals surface area (Å²) in [5.41, 5.74) is 0. The first-order chi connectivity index (χ1) is 0. The van der Waals surface area contributed by atoms with Gasteiger partial charge >= 0.3 is 822 Å². The molecule has 0 aliphatic heterocycles. The van der Waals surface area contributed by atoms with Gasteiger partial charge < -0.3 is 53.6 Å². The van der Waals surface area contributed by atoms with Crippen molar-refractivity contribution in [3.8, 4) is 0 Å². The summed E-state index contributed by atoms with van der Waals surface area (Å²) in [6.07, 6.45) is 0. The van der Waals surface area contributed by atoms with E-state index in [-0.39, 0.29) is 2060 Å². The zero-order chi connectivity index (χ0) is 0. The molecule has 0 rings (SSSR count). The molecule has 17 radical (unpaired) electrons. The minimum Gasteiger partial charge on any atom is -1.00 e. The van der Waals surface area contributed by atoms with Gasteiger partial charge in [-0.1, -0.05) is 0 Å². The summed E-state index contributed by atoms with van der Waals surface area (Å²) in [6, 6.07) is 0. The standard InChI is InChI=1S/5FH.4HI.16K.5H3N.10H3P.14H2S.10V.16W.7Y.17H2.16H/h9*1H;;;;;;;;;;;;;;;;;15*1H3;14*1H2;;;;;;;;;;;;;;;;;;;;;;;;;;;;;;;;;;17*1H;;;;;;;;;;;;;;;;/q;;;;;;;;;16*+1;;;;;;;;;;;;;;;;;;;;;;;;;;;;;;;;;;;;;;;;;;;;;;;;;;;;;;;;;;;;;;;;;;;;;;;;;;;;;;;;16*-1/i;;;;;;;;;;;;;;;;;;;;;;;;;;;;;;;;;;;;;;;;;;;;;;;;;;;;;;;;;;;;;;;;;;;;;;;;;;;;;;;;;;;;;;;6*1+2;11*1+1;;;;;;;;;;;;;;;;. The van der Waals surface area contributed by atoms with Gasteiger partial charge in [0.25, 0.3) is 0 Å². The Balaban J connectivity index is 0. The summed E-state index contributed by atoms with van der Waals surface area (Å²) in [6.45, 7) is 0. The second-order valence-electron chi connectivity index (χ2n) is 0. The van der Waals surface area contributed by atoms with Crippen molar-refractivity contribution >= 4 is 384 Å². The van der Waals surface area contributed by atoms with Crippen LogP contribution in [0.2, 0.25) is 0 Å². The maximum absolute atomic E-state index is 0. The van der Waals surface area contributed by atoms with Gasteiger partial charge in [-0.3, -0.25) is 23.5 Å². The van der Waals surface area contributed by atoms with Crippen LogP contribution >= 0.6 is 384 Å². The molecule has 10 atom stereocenters. The molecule has 10 unspecified atom stereocenters. The van der Waals surface area contributed by atoms with E-state index in [2.05, 4.69) is 0 Å². The first kappa shape index (κ1) is 846. The van der Waals surface area contributed by atoms with Gasteiger partial charge in [0.2, 0.25) is 0 Å². The number of hydrogen-bond acceptors (Lipinski definition) is 5. The largest absolute Gasteiger partial charge is 1.00 e. The van der Waals surface area contributed by atoms with Gasteiger partial charge in [0.05, 0.1) is 0 Å². The van der Waals surface area contributed by atoms with E-state index in [0.717, 1.165) is 0 Å². The van der Waals surface area contributed by atoms with Crippen LogP contribution in [0, 0.1) is 0 Å². The van der Waals surface area contributed by atoms with Gasteiger partial charge in [-0.25, -0.2) is 0 Å². The smallest absolute Gasteiger partial charge is 1.00 e. The first-order valence-corrected chi connectivity index (χ1v) is 0. The molecular weight excluding hydrogens is 6130 g/mol. The molecule has 0 saturated carbocycles. The van der Waals surface area contributed by atoms with Gasteiger partial charge in [-0.2, -0.15) is 288 Å². The van der Waals surface area contributed by atoms with E-state index >= 15 is 0 Å². The predicted molar refractivity (Wildman–Crippen MR) is 409 cm³/mol. The topological polar surface area (TPSA) is 175 Å². The van der Waals surface area contributed by atoms with Crippen LogP contribution in [0.5, 0.6) is 0 Å². The fourth-order valence-electron chi connectivity index (χ4n) is 0. The monoisotopic (exact) mass is 6280 g/mol. The Bertz CT molecular complexity index is 364. The van der Waals surface area contributed by atoms with Crippen LogP contribution in [0.3, 0.4) is 0 Å². The van der Waals surface area contributed by atoms with Crippen LogP contribution < -0.4 is 853 Å². The van der Waals surface area contributed by atoms with E-state index in [4.69, 9.17) is 0 Å². The molecule has 0 fully saturated rings. The third kappa shape index (κ3) is 817. The van der Waals surface area contributed by atoms with Crippen LogP contribution in [0.1, 0.15) is 47.1 Å². The van der Waals surface area contributed by atoms with Crippen molar-refractivity contribution in [3.63, 3.8) is 0 Å². The number of halogens is 9. The summed E-state index contributed by atoms with van der Waals surface area (Å²) < 4.78 is 0. The minimum absolute atomic E-state index is 0. The maximum atomic E-state index is 0. The molecule has 87 heavy (non-hydrogen) atoms. The quantitative estimate of drug-likeness (QED) is 0.0701. The van der Waals surface area contributed by atoms with E-state index in [0.29, 0.717) is 0 Å². The molecule has 87 heteroatoms. The molecule has 0 heterocycles.